The van der Waals surface area contributed by atoms with Crippen LogP contribution >= 0.6 is 15.9 Å². The first-order chi connectivity index (χ1) is 7.89. The molecule has 0 amide bonds. The molecular formula is C11H13BrN2O3. The third kappa shape index (κ3) is 2.58. The highest BCUT2D eigenvalue weighted by atomic mass is 79.9. The van der Waals surface area contributed by atoms with Crippen LogP contribution in [0.3, 0.4) is 0 Å². The third-order valence-electron chi connectivity index (χ3n) is 2.82. The van der Waals surface area contributed by atoms with Crippen molar-refractivity contribution in [2.75, 3.05) is 18.0 Å². The minimum atomic E-state index is -1.01. The summed E-state index contributed by atoms with van der Waals surface area (Å²) in [5, 5.41) is 19.0. The van der Waals surface area contributed by atoms with Crippen LogP contribution in [0.2, 0.25) is 0 Å². The summed E-state index contributed by atoms with van der Waals surface area (Å²) < 4.78 is 0.629. The Morgan fingerprint density at radius 2 is 2.35 bits per heavy atom. The van der Waals surface area contributed by atoms with E-state index in [0.29, 0.717) is 29.8 Å². The summed E-state index contributed by atoms with van der Waals surface area (Å²) in [4.78, 5) is 17.1. The van der Waals surface area contributed by atoms with Gasteiger partial charge >= 0.3 is 5.97 Å². The molecule has 2 heterocycles. The molecule has 0 aromatic carbocycles. The molecule has 0 radical (unpaired) electrons. The highest BCUT2D eigenvalue weighted by molar-refractivity contribution is 9.10. The number of nitrogens with zero attached hydrogens (tertiary/aromatic N) is 2. The zero-order chi connectivity index (χ0) is 12.6. The molecule has 1 aromatic rings. The van der Waals surface area contributed by atoms with Gasteiger partial charge < -0.3 is 15.1 Å². The van der Waals surface area contributed by atoms with Gasteiger partial charge in [0.2, 0.25) is 0 Å². The van der Waals surface area contributed by atoms with Crippen molar-refractivity contribution in [3.63, 3.8) is 0 Å². The van der Waals surface area contributed by atoms with Crippen LogP contribution in [0.5, 0.6) is 0 Å². The molecule has 1 aromatic heterocycles. The van der Waals surface area contributed by atoms with Gasteiger partial charge in [-0.05, 0) is 35.3 Å². The Balaban J connectivity index is 2.36. The predicted molar refractivity (Wildman–Crippen MR) is 66.4 cm³/mol. The predicted octanol–water partition coefficient (Wildman–Crippen LogP) is 1.50. The topological polar surface area (TPSA) is 73.7 Å². The number of carbonyl (C=O) groups is 1. The summed E-state index contributed by atoms with van der Waals surface area (Å²) in [5.74, 6) is -0.598. The molecule has 1 aliphatic rings. The lowest BCUT2D eigenvalue weighted by atomic mass is 10.1. The smallest absolute Gasteiger partial charge is 0.339 e. The van der Waals surface area contributed by atoms with Gasteiger partial charge in [-0.2, -0.15) is 0 Å². The Morgan fingerprint density at radius 3 is 2.88 bits per heavy atom. The minimum absolute atomic E-state index is 0.150. The van der Waals surface area contributed by atoms with Gasteiger partial charge in [0.15, 0.2) is 0 Å². The molecule has 1 unspecified atom stereocenters. The molecule has 2 N–H and O–H groups in total. The van der Waals surface area contributed by atoms with Crippen molar-refractivity contribution < 1.29 is 15.0 Å². The van der Waals surface area contributed by atoms with E-state index in [1.54, 1.807) is 18.0 Å². The van der Waals surface area contributed by atoms with Gasteiger partial charge in [-0.3, -0.25) is 0 Å². The van der Waals surface area contributed by atoms with Crippen LogP contribution in [0.4, 0.5) is 5.82 Å². The molecular weight excluding hydrogens is 288 g/mol. The maximum Gasteiger partial charge on any atom is 0.339 e. The first-order valence-electron chi connectivity index (χ1n) is 5.25. The highest BCUT2D eigenvalue weighted by Crippen LogP contribution is 2.28. The second kappa shape index (κ2) is 4.27. The van der Waals surface area contributed by atoms with Crippen LogP contribution in [0.25, 0.3) is 0 Å². The lowest BCUT2D eigenvalue weighted by Crippen LogP contribution is -2.30. The number of carboxylic acid groups (broad SMARTS) is 1. The minimum Gasteiger partial charge on any atom is -0.478 e. The molecule has 5 nitrogen and oxygen atoms in total. The Labute approximate surface area is 107 Å². The lowest BCUT2D eigenvalue weighted by Gasteiger charge is -2.21. The van der Waals surface area contributed by atoms with Gasteiger partial charge in [-0.15, -0.1) is 0 Å². The lowest BCUT2D eigenvalue weighted by molar-refractivity contribution is 0.0695. The van der Waals surface area contributed by atoms with Crippen molar-refractivity contribution in [2.24, 2.45) is 0 Å². The summed E-state index contributed by atoms with van der Waals surface area (Å²) in [6.45, 7) is 2.76. The fourth-order valence-corrected chi connectivity index (χ4v) is 2.30. The number of aromatic nitrogens is 1. The quantitative estimate of drug-likeness (QED) is 0.866. The molecule has 1 saturated heterocycles. The number of β-amino-alcohol motifs (C(OH)–C–C–N with tert-alkyl or cyclic N) is 1. The zero-order valence-electron chi connectivity index (χ0n) is 9.35. The van der Waals surface area contributed by atoms with Crippen molar-refractivity contribution >= 4 is 27.7 Å². The Morgan fingerprint density at radius 1 is 1.65 bits per heavy atom. The largest absolute Gasteiger partial charge is 0.478 e. The van der Waals surface area contributed by atoms with E-state index in [-0.39, 0.29) is 5.56 Å². The van der Waals surface area contributed by atoms with Crippen LogP contribution < -0.4 is 4.90 Å². The van der Waals surface area contributed by atoms with Crippen molar-refractivity contribution in [2.45, 2.75) is 18.9 Å². The SMILES string of the molecule is CC1(O)CCN(c2ncc(Br)cc2C(=O)O)C1. The first-order valence-corrected chi connectivity index (χ1v) is 6.04. The van der Waals surface area contributed by atoms with Crippen LogP contribution in [0.1, 0.15) is 23.7 Å². The number of rotatable bonds is 2. The van der Waals surface area contributed by atoms with Gasteiger partial charge in [0.1, 0.15) is 11.4 Å². The van der Waals surface area contributed by atoms with E-state index >= 15 is 0 Å². The third-order valence-corrected chi connectivity index (χ3v) is 3.25. The molecule has 0 aliphatic carbocycles. The van der Waals surface area contributed by atoms with E-state index in [2.05, 4.69) is 20.9 Å². The number of halogens is 1. The average Bonchev–Trinajstić information content (AvgIpc) is 2.58. The molecule has 92 valence electrons. The number of aromatic carboxylic acids is 1. The molecule has 6 heteroatoms. The van der Waals surface area contributed by atoms with Crippen molar-refractivity contribution in [1.29, 1.82) is 0 Å². The van der Waals surface area contributed by atoms with E-state index in [1.807, 2.05) is 0 Å². The summed E-state index contributed by atoms with van der Waals surface area (Å²) in [7, 11) is 0. The van der Waals surface area contributed by atoms with Gasteiger partial charge in [0.05, 0.1) is 5.60 Å². The molecule has 1 atom stereocenters. The zero-order valence-corrected chi connectivity index (χ0v) is 10.9. The maximum absolute atomic E-state index is 11.1. The van der Waals surface area contributed by atoms with Gasteiger partial charge in [0, 0.05) is 23.8 Å². The Bertz CT molecular complexity index is 462. The molecule has 1 aliphatic heterocycles. The Kier molecular flexibility index (Phi) is 3.09. The molecule has 17 heavy (non-hydrogen) atoms. The van der Waals surface area contributed by atoms with Gasteiger partial charge in [0.25, 0.3) is 0 Å². The summed E-state index contributed by atoms with van der Waals surface area (Å²) in [5.41, 5.74) is -0.623. The molecule has 0 saturated carbocycles. The molecule has 0 bridgehead atoms. The second-order valence-corrected chi connectivity index (χ2v) is 5.41. The van der Waals surface area contributed by atoms with E-state index in [9.17, 15) is 9.90 Å². The number of aliphatic hydroxyl groups is 1. The van der Waals surface area contributed by atoms with Crippen LogP contribution in [-0.4, -0.2) is 39.9 Å². The highest BCUT2D eigenvalue weighted by Gasteiger charge is 2.33. The van der Waals surface area contributed by atoms with Crippen molar-refractivity contribution in [1.82, 2.24) is 4.98 Å². The fraction of sp³-hybridized carbons (Fsp3) is 0.455. The number of hydrogen-bond acceptors (Lipinski definition) is 4. The number of anilines is 1. The fourth-order valence-electron chi connectivity index (χ4n) is 1.97. The average molecular weight is 301 g/mol. The standard InChI is InChI=1S/C11H13BrN2O3/c1-11(17)2-3-14(6-11)9-8(10(15)16)4-7(12)5-13-9/h4-5,17H,2-3,6H2,1H3,(H,15,16). The van der Waals surface area contributed by atoms with Crippen LogP contribution in [-0.2, 0) is 0 Å². The van der Waals surface area contributed by atoms with Crippen molar-refractivity contribution in [3.05, 3.63) is 22.3 Å². The molecule has 0 spiro atoms. The number of hydrogen-bond donors (Lipinski definition) is 2. The van der Waals surface area contributed by atoms with Gasteiger partial charge in [-0.25, -0.2) is 9.78 Å². The van der Waals surface area contributed by atoms with Crippen LogP contribution in [0, 0.1) is 0 Å². The van der Waals surface area contributed by atoms with E-state index in [0.717, 1.165) is 0 Å². The summed E-state index contributed by atoms with van der Waals surface area (Å²) in [6.07, 6.45) is 2.18. The summed E-state index contributed by atoms with van der Waals surface area (Å²) in [6, 6.07) is 1.53. The Hall–Kier alpha value is -1.14. The normalized spacial score (nSPS) is 24.1. The van der Waals surface area contributed by atoms with Crippen molar-refractivity contribution in [3.8, 4) is 0 Å². The maximum atomic E-state index is 11.1. The van der Waals surface area contributed by atoms with E-state index in [1.165, 1.54) is 6.07 Å². The molecule has 2 rings (SSSR count). The van der Waals surface area contributed by atoms with Gasteiger partial charge in [-0.1, -0.05) is 0 Å². The van der Waals surface area contributed by atoms with E-state index in [4.69, 9.17) is 5.11 Å². The second-order valence-electron chi connectivity index (χ2n) is 4.50. The van der Waals surface area contributed by atoms with Crippen LogP contribution in [0.15, 0.2) is 16.7 Å². The first kappa shape index (κ1) is 12.3. The summed E-state index contributed by atoms with van der Waals surface area (Å²) >= 11 is 3.20. The molecule has 1 fully saturated rings. The number of pyridine rings is 1. The number of carboxylic acids is 1. The monoisotopic (exact) mass is 300 g/mol. The van der Waals surface area contributed by atoms with E-state index < -0.39 is 11.6 Å².